The van der Waals surface area contributed by atoms with Gasteiger partial charge in [-0.15, -0.1) is 0 Å². The molecule has 1 aliphatic heterocycles. The van der Waals surface area contributed by atoms with E-state index in [1.54, 1.807) is 10.6 Å². The number of carbonyl (C=O) groups excluding carboxylic acids is 1. The molecule has 3 N–H and O–H groups in total. The van der Waals surface area contributed by atoms with Gasteiger partial charge in [-0.3, -0.25) is 14.1 Å². The van der Waals surface area contributed by atoms with E-state index in [4.69, 9.17) is 10.5 Å². The molecule has 0 radical (unpaired) electrons. The van der Waals surface area contributed by atoms with Crippen molar-refractivity contribution in [3.8, 4) is 5.88 Å². The van der Waals surface area contributed by atoms with Gasteiger partial charge in [-0.25, -0.2) is 0 Å². The molecule has 1 saturated heterocycles. The molecule has 2 aromatic heterocycles. The average molecular weight is 303 g/mol. The molecule has 0 aromatic carbocycles. The van der Waals surface area contributed by atoms with Gasteiger partial charge in [0.2, 0.25) is 5.88 Å². The van der Waals surface area contributed by atoms with Crippen molar-refractivity contribution in [2.75, 3.05) is 32.8 Å². The molecule has 2 aromatic rings. The van der Waals surface area contributed by atoms with Crippen molar-refractivity contribution < 1.29 is 9.53 Å². The summed E-state index contributed by atoms with van der Waals surface area (Å²) < 4.78 is 7.38. The van der Waals surface area contributed by atoms with Crippen LogP contribution in [0.25, 0.3) is 5.65 Å². The minimum Gasteiger partial charge on any atom is -0.475 e. The number of ether oxygens (including phenoxy) is 1. The van der Waals surface area contributed by atoms with Crippen molar-refractivity contribution in [1.29, 1.82) is 0 Å². The molecule has 1 aliphatic rings. The van der Waals surface area contributed by atoms with Crippen LogP contribution in [-0.4, -0.2) is 59.0 Å². The third kappa shape index (κ3) is 3.05. The zero-order valence-corrected chi connectivity index (χ0v) is 12.7. The van der Waals surface area contributed by atoms with Gasteiger partial charge in [-0.05, 0) is 19.1 Å². The first-order valence-corrected chi connectivity index (χ1v) is 7.50. The van der Waals surface area contributed by atoms with Crippen LogP contribution in [0.4, 0.5) is 0 Å². The van der Waals surface area contributed by atoms with Gasteiger partial charge >= 0.3 is 0 Å². The Morgan fingerprint density at radius 3 is 3.18 bits per heavy atom. The first kappa shape index (κ1) is 14.8. The van der Waals surface area contributed by atoms with Crippen LogP contribution in [0.2, 0.25) is 0 Å². The summed E-state index contributed by atoms with van der Waals surface area (Å²) in [4.78, 5) is 18.3. The molecule has 3 rings (SSSR count). The summed E-state index contributed by atoms with van der Waals surface area (Å²) in [5.74, 6) is -0.230. The number of hydrogen-bond donors (Lipinski definition) is 2. The van der Waals surface area contributed by atoms with E-state index in [-0.39, 0.29) is 0 Å². The number of nitrogens with one attached hydrogen (secondary N) is 1. The van der Waals surface area contributed by atoms with Crippen LogP contribution in [0.5, 0.6) is 5.88 Å². The largest absolute Gasteiger partial charge is 0.475 e. The van der Waals surface area contributed by atoms with Gasteiger partial charge in [-0.2, -0.15) is 4.98 Å². The van der Waals surface area contributed by atoms with Crippen molar-refractivity contribution in [2.45, 2.75) is 13.0 Å². The SMILES string of the molecule is CC1CN(CCOc2nc3ccccn3c2C(N)=O)CCN1. The Morgan fingerprint density at radius 1 is 1.55 bits per heavy atom. The van der Waals surface area contributed by atoms with Gasteiger partial charge in [0.15, 0.2) is 5.69 Å². The van der Waals surface area contributed by atoms with Gasteiger partial charge in [0.1, 0.15) is 12.3 Å². The second-order valence-electron chi connectivity index (χ2n) is 5.56. The number of nitrogens with zero attached hydrogens (tertiary/aromatic N) is 3. The third-order valence-electron chi connectivity index (χ3n) is 3.83. The van der Waals surface area contributed by atoms with Crippen molar-refractivity contribution >= 4 is 11.6 Å². The highest BCUT2D eigenvalue weighted by Gasteiger charge is 2.19. The minimum absolute atomic E-state index is 0.296. The second-order valence-corrected chi connectivity index (χ2v) is 5.56. The Hall–Kier alpha value is -2.12. The lowest BCUT2D eigenvalue weighted by Crippen LogP contribution is -2.50. The molecule has 0 bridgehead atoms. The molecular formula is C15H21N5O2. The summed E-state index contributed by atoms with van der Waals surface area (Å²) in [7, 11) is 0. The molecule has 118 valence electrons. The summed E-state index contributed by atoms with van der Waals surface area (Å²) >= 11 is 0. The molecular weight excluding hydrogens is 282 g/mol. The Kier molecular flexibility index (Phi) is 4.26. The van der Waals surface area contributed by atoms with E-state index in [9.17, 15) is 4.79 Å². The number of piperazine rings is 1. The molecule has 0 saturated carbocycles. The molecule has 1 atom stereocenters. The number of fused-ring (bicyclic) bond motifs is 1. The van der Waals surface area contributed by atoms with E-state index in [2.05, 4.69) is 22.1 Å². The van der Waals surface area contributed by atoms with Gasteiger partial charge in [0.25, 0.3) is 5.91 Å². The summed E-state index contributed by atoms with van der Waals surface area (Å²) in [5.41, 5.74) is 6.41. The lowest BCUT2D eigenvalue weighted by Gasteiger charge is -2.31. The molecule has 22 heavy (non-hydrogen) atoms. The smallest absolute Gasteiger partial charge is 0.271 e. The molecule has 7 heteroatoms. The van der Waals surface area contributed by atoms with Crippen LogP contribution >= 0.6 is 0 Å². The van der Waals surface area contributed by atoms with E-state index >= 15 is 0 Å². The van der Waals surface area contributed by atoms with E-state index in [0.29, 0.717) is 29.9 Å². The number of aromatic nitrogens is 2. The van der Waals surface area contributed by atoms with Crippen LogP contribution in [0.3, 0.4) is 0 Å². The summed E-state index contributed by atoms with van der Waals surface area (Å²) in [5, 5.41) is 3.40. The summed E-state index contributed by atoms with van der Waals surface area (Å²) in [6.07, 6.45) is 1.76. The number of carbonyl (C=O) groups is 1. The van der Waals surface area contributed by atoms with Crippen LogP contribution in [0.15, 0.2) is 24.4 Å². The Labute approximate surface area is 129 Å². The Bertz CT molecular complexity index is 669. The van der Waals surface area contributed by atoms with Gasteiger partial charge in [0, 0.05) is 38.4 Å². The number of pyridine rings is 1. The minimum atomic E-state index is -0.538. The molecule has 7 nitrogen and oxygen atoms in total. The predicted octanol–water partition coefficient (Wildman–Crippen LogP) is 0.106. The molecule has 1 amide bonds. The third-order valence-corrected chi connectivity index (χ3v) is 3.83. The van der Waals surface area contributed by atoms with Crippen molar-refractivity contribution in [2.24, 2.45) is 5.73 Å². The van der Waals surface area contributed by atoms with Crippen LogP contribution in [0.1, 0.15) is 17.4 Å². The normalized spacial score (nSPS) is 19.4. The lowest BCUT2D eigenvalue weighted by molar-refractivity contribution is 0.0988. The monoisotopic (exact) mass is 303 g/mol. The highest BCUT2D eigenvalue weighted by atomic mass is 16.5. The fraction of sp³-hybridized carbons (Fsp3) is 0.467. The first-order chi connectivity index (χ1) is 10.6. The Balaban J connectivity index is 1.68. The first-order valence-electron chi connectivity index (χ1n) is 7.50. The molecule has 1 unspecified atom stereocenters. The fourth-order valence-electron chi connectivity index (χ4n) is 2.79. The average Bonchev–Trinajstić information content (AvgIpc) is 2.85. The summed E-state index contributed by atoms with van der Waals surface area (Å²) in [6, 6.07) is 5.99. The van der Waals surface area contributed by atoms with Gasteiger partial charge < -0.3 is 15.8 Å². The quantitative estimate of drug-likeness (QED) is 0.819. The van der Waals surface area contributed by atoms with Crippen molar-refractivity contribution in [3.63, 3.8) is 0 Å². The topological polar surface area (TPSA) is 84.9 Å². The van der Waals surface area contributed by atoms with E-state index in [1.807, 2.05) is 18.2 Å². The van der Waals surface area contributed by atoms with E-state index in [0.717, 1.165) is 26.2 Å². The van der Waals surface area contributed by atoms with Crippen LogP contribution in [-0.2, 0) is 0 Å². The number of imidazole rings is 1. The van der Waals surface area contributed by atoms with Crippen LogP contribution in [0, 0.1) is 0 Å². The maximum atomic E-state index is 11.7. The molecule has 0 spiro atoms. The van der Waals surface area contributed by atoms with Crippen molar-refractivity contribution in [3.05, 3.63) is 30.1 Å². The van der Waals surface area contributed by atoms with E-state index in [1.165, 1.54) is 0 Å². The maximum absolute atomic E-state index is 11.7. The van der Waals surface area contributed by atoms with Gasteiger partial charge in [-0.1, -0.05) is 6.07 Å². The zero-order chi connectivity index (χ0) is 15.5. The van der Waals surface area contributed by atoms with E-state index < -0.39 is 5.91 Å². The lowest BCUT2D eigenvalue weighted by atomic mass is 10.2. The number of amides is 1. The van der Waals surface area contributed by atoms with Crippen molar-refractivity contribution in [1.82, 2.24) is 19.6 Å². The highest BCUT2D eigenvalue weighted by molar-refractivity contribution is 5.94. The highest BCUT2D eigenvalue weighted by Crippen LogP contribution is 2.19. The Morgan fingerprint density at radius 2 is 2.41 bits per heavy atom. The number of primary amides is 1. The fourth-order valence-corrected chi connectivity index (χ4v) is 2.79. The number of rotatable bonds is 5. The molecule has 3 heterocycles. The molecule has 0 aliphatic carbocycles. The number of nitrogens with two attached hydrogens (primary N) is 1. The summed E-state index contributed by atoms with van der Waals surface area (Å²) in [6.45, 7) is 6.44. The second kappa shape index (κ2) is 6.33. The van der Waals surface area contributed by atoms with Gasteiger partial charge in [0.05, 0.1) is 0 Å². The molecule has 1 fully saturated rings. The maximum Gasteiger partial charge on any atom is 0.271 e. The van der Waals surface area contributed by atoms with Crippen LogP contribution < -0.4 is 15.8 Å². The standard InChI is InChI=1S/C15H21N5O2/c1-11-10-19(7-5-17-11)8-9-22-15-13(14(16)21)20-6-3-2-4-12(20)18-15/h2-4,6,11,17H,5,7-10H2,1H3,(H2,16,21). The zero-order valence-electron chi connectivity index (χ0n) is 12.7. The predicted molar refractivity (Wildman–Crippen MR) is 83.1 cm³/mol. The number of hydrogen-bond acceptors (Lipinski definition) is 5.